The lowest BCUT2D eigenvalue weighted by molar-refractivity contribution is 0.389. The first kappa shape index (κ1) is 14.4. The van der Waals surface area contributed by atoms with Crippen LogP contribution in [0, 0.1) is 0 Å². The molecule has 0 saturated heterocycles. The Morgan fingerprint density at radius 1 is 0.947 bits per heavy atom. The molecular formula is C17H28N2. The van der Waals surface area contributed by atoms with Gasteiger partial charge >= 0.3 is 0 Å². The van der Waals surface area contributed by atoms with Crippen LogP contribution in [0.15, 0.2) is 24.3 Å². The summed E-state index contributed by atoms with van der Waals surface area (Å²) in [5, 5.41) is 3.74. The van der Waals surface area contributed by atoms with Crippen LogP contribution < -0.4 is 10.2 Å². The minimum Gasteiger partial charge on any atom is -0.378 e. The highest BCUT2D eigenvalue weighted by Gasteiger charge is 2.10. The maximum absolute atomic E-state index is 3.74. The van der Waals surface area contributed by atoms with Crippen molar-refractivity contribution in [1.82, 2.24) is 5.32 Å². The molecule has 106 valence electrons. The van der Waals surface area contributed by atoms with Gasteiger partial charge in [0.2, 0.25) is 0 Å². The van der Waals surface area contributed by atoms with Crippen LogP contribution in [-0.4, -0.2) is 20.1 Å². The van der Waals surface area contributed by atoms with Crippen molar-refractivity contribution in [3.8, 4) is 0 Å². The third-order valence-electron chi connectivity index (χ3n) is 4.15. The monoisotopic (exact) mass is 260 g/mol. The van der Waals surface area contributed by atoms with Gasteiger partial charge in [0, 0.05) is 32.4 Å². The highest BCUT2D eigenvalue weighted by atomic mass is 15.1. The van der Waals surface area contributed by atoms with Gasteiger partial charge in [-0.1, -0.05) is 44.2 Å². The van der Waals surface area contributed by atoms with E-state index in [1.807, 2.05) is 0 Å². The highest BCUT2D eigenvalue weighted by molar-refractivity contribution is 5.45. The quantitative estimate of drug-likeness (QED) is 0.881. The van der Waals surface area contributed by atoms with Crippen molar-refractivity contribution in [2.45, 2.75) is 57.5 Å². The molecule has 1 N–H and O–H groups in total. The third kappa shape index (κ3) is 4.87. The topological polar surface area (TPSA) is 15.3 Å². The smallest absolute Gasteiger partial charge is 0.0361 e. The molecule has 0 atom stereocenters. The summed E-state index contributed by atoms with van der Waals surface area (Å²) in [5.41, 5.74) is 2.67. The van der Waals surface area contributed by atoms with E-state index in [1.165, 1.54) is 56.2 Å². The van der Waals surface area contributed by atoms with Gasteiger partial charge in [-0.2, -0.15) is 0 Å². The van der Waals surface area contributed by atoms with E-state index in [9.17, 15) is 0 Å². The molecule has 0 radical (unpaired) electrons. The normalized spacial score (nSPS) is 17.8. The highest BCUT2D eigenvalue weighted by Crippen LogP contribution is 2.18. The lowest BCUT2D eigenvalue weighted by Crippen LogP contribution is -2.29. The van der Waals surface area contributed by atoms with E-state index in [0.717, 1.165) is 12.6 Å². The first-order valence-electron chi connectivity index (χ1n) is 7.75. The molecule has 19 heavy (non-hydrogen) atoms. The van der Waals surface area contributed by atoms with Crippen LogP contribution in [0.2, 0.25) is 0 Å². The minimum atomic E-state index is 0.730. The molecule has 1 fully saturated rings. The average molecular weight is 260 g/mol. The predicted octanol–water partition coefficient (Wildman–Crippen LogP) is 3.96. The number of hydrogen-bond donors (Lipinski definition) is 1. The molecule has 2 rings (SSSR count). The molecule has 2 nitrogen and oxygen atoms in total. The molecule has 1 aromatic carbocycles. The Morgan fingerprint density at radius 2 is 1.53 bits per heavy atom. The number of rotatable bonds is 4. The lowest BCUT2D eigenvalue weighted by Gasteiger charge is -2.21. The third-order valence-corrected chi connectivity index (χ3v) is 4.15. The Labute approximate surface area is 118 Å². The number of hydrogen-bond acceptors (Lipinski definition) is 2. The molecule has 1 aliphatic carbocycles. The molecule has 0 heterocycles. The molecule has 1 aliphatic rings. The summed E-state index contributed by atoms with van der Waals surface area (Å²) in [5.74, 6) is 0. The minimum absolute atomic E-state index is 0.730. The maximum Gasteiger partial charge on any atom is 0.0361 e. The zero-order valence-corrected chi connectivity index (χ0v) is 12.5. The fourth-order valence-electron chi connectivity index (χ4n) is 2.83. The van der Waals surface area contributed by atoms with Gasteiger partial charge in [-0.15, -0.1) is 0 Å². The standard InChI is InChI=1S/C17H28N2/c1-19(2)17-12-10-15(11-13-17)14-18-16-8-6-4-3-5-7-9-16/h10-13,16,18H,3-9,14H2,1-2H3. The van der Waals surface area contributed by atoms with Crippen LogP contribution in [0.5, 0.6) is 0 Å². The Bertz CT molecular complexity index is 348. The van der Waals surface area contributed by atoms with Crippen LogP contribution >= 0.6 is 0 Å². The van der Waals surface area contributed by atoms with Crippen molar-refractivity contribution in [3.63, 3.8) is 0 Å². The summed E-state index contributed by atoms with van der Waals surface area (Å²) in [6.07, 6.45) is 9.81. The SMILES string of the molecule is CN(C)c1ccc(CNC2CCCCCCC2)cc1. The summed E-state index contributed by atoms with van der Waals surface area (Å²) in [4.78, 5) is 2.14. The molecular weight excluding hydrogens is 232 g/mol. The van der Waals surface area contributed by atoms with E-state index < -0.39 is 0 Å². The summed E-state index contributed by atoms with van der Waals surface area (Å²) < 4.78 is 0. The molecule has 2 heteroatoms. The van der Waals surface area contributed by atoms with Crippen LogP contribution in [-0.2, 0) is 6.54 Å². The molecule has 0 aromatic heterocycles. The van der Waals surface area contributed by atoms with Crippen molar-refractivity contribution < 1.29 is 0 Å². The van der Waals surface area contributed by atoms with Gasteiger partial charge in [-0.05, 0) is 30.5 Å². The number of benzene rings is 1. The predicted molar refractivity (Wildman–Crippen MR) is 83.7 cm³/mol. The van der Waals surface area contributed by atoms with Gasteiger partial charge in [-0.25, -0.2) is 0 Å². The zero-order valence-electron chi connectivity index (χ0n) is 12.5. The summed E-state index contributed by atoms with van der Waals surface area (Å²) in [6.45, 7) is 1.01. The fourth-order valence-corrected chi connectivity index (χ4v) is 2.83. The summed E-state index contributed by atoms with van der Waals surface area (Å²) in [7, 11) is 4.17. The Balaban J connectivity index is 1.80. The summed E-state index contributed by atoms with van der Waals surface area (Å²) in [6, 6.07) is 9.62. The van der Waals surface area contributed by atoms with E-state index in [1.54, 1.807) is 0 Å². The van der Waals surface area contributed by atoms with Gasteiger partial charge < -0.3 is 10.2 Å². The zero-order chi connectivity index (χ0) is 13.5. The molecule has 0 aliphatic heterocycles. The second-order valence-electron chi connectivity index (χ2n) is 5.98. The fraction of sp³-hybridized carbons (Fsp3) is 0.647. The van der Waals surface area contributed by atoms with Crippen LogP contribution in [0.25, 0.3) is 0 Å². The Hall–Kier alpha value is -1.02. The van der Waals surface area contributed by atoms with E-state index in [2.05, 4.69) is 48.6 Å². The Morgan fingerprint density at radius 3 is 2.11 bits per heavy atom. The second-order valence-corrected chi connectivity index (χ2v) is 5.98. The molecule has 1 aromatic rings. The first-order chi connectivity index (χ1) is 9.25. The molecule has 1 saturated carbocycles. The number of nitrogens with zero attached hydrogens (tertiary/aromatic N) is 1. The molecule has 0 amide bonds. The van der Waals surface area contributed by atoms with Crippen molar-refractivity contribution in [1.29, 1.82) is 0 Å². The second kappa shape index (κ2) is 7.54. The van der Waals surface area contributed by atoms with Crippen molar-refractivity contribution in [2.24, 2.45) is 0 Å². The molecule has 0 spiro atoms. The van der Waals surface area contributed by atoms with Crippen molar-refractivity contribution >= 4 is 5.69 Å². The first-order valence-corrected chi connectivity index (χ1v) is 7.75. The van der Waals surface area contributed by atoms with Gasteiger partial charge in [-0.3, -0.25) is 0 Å². The van der Waals surface area contributed by atoms with Crippen LogP contribution in [0.1, 0.15) is 50.5 Å². The number of anilines is 1. The van der Waals surface area contributed by atoms with Crippen LogP contribution in [0.3, 0.4) is 0 Å². The van der Waals surface area contributed by atoms with Crippen LogP contribution in [0.4, 0.5) is 5.69 Å². The number of nitrogens with one attached hydrogen (secondary N) is 1. The van der Waals surface area contributed by atoms with Gasteiger partial charge in [0.25, 0.3) is 0 Å². The van der Waals surface area contributed by atoms with Gasteiger partial charge in [0.1, 0.15) is 0 Å². The molecule has 0 unspecified atom stereocenters. The van der Waals surface area contributed by atoms with E-state index in [-0.39, 0.29) is 0 Å². The molecule has 0 bridgehead atoms. The van der Waals surface area contributed by atoms with E-state index in [0.29, 0.717) is 0 Å². The van der Waals surface area contributed by atoms with Gasteiger partial charge in [0.15, 0.2) is 0 Å². The van der Waals surface area contributed by atoms with Gasteiger partial charge in [0.05, 0.1) is 0 Å². The Kier molecular flexibility index (Phi) is 5.71. The van der Waals surface area contributed by atoms with E-state index >= 15 is 0 Å². The summed E-state index contributed by atoms with van der Waals surface area (Å²) >= 11 is 0. The van der Waals surface area contributed by atoms with Crippen molar-refractivity contribution in [3.05, 3.63) is 29.8 Å². The maximum atomic E-state index is 3.74. The largest absolute Gasteiger partial charge is 0.378 e. The average Bonchev–Trinajstić information content (AvgIpc) is 2.38. The lowest BCUT2D eigenvalue weighted by atomic mass is 9.96. The van der Waals surface area contributed by atoms with Crippen molar-refractivity contribution in [2.75, 3.05) is 19.0 Å². The van der Waals surface area contributed by atoms with E-state index in [4.69, 9.17) is 0 Å².